The highest BCUT2D eigenvalue weighted by Gasteiger charge is 2.35. The van der Waals surface area contributed by atoms with Gasteiger partial charge in [-0.3, -0.25) is 4.79 Å². The van der Waals surface area contributed by atoms with E-state index in [0.29, 0.717) is 23.3 Å². The average Bonchev–Trinajstić information content (AvgIpc) is 3.37. The largest absolute Gasteiger partial charge is 0.736 e. The van der Waals surface area contributed by atoms with E-state index in [9.17, 15) is 14.3 Å². The first-order valence-corrected chi connectivity index (χ1v) is 25.9. The van der Waals surface area contributed by atoms with E-state index in [1.54, 1.807) is 0 Å². The van der Waals surface area contributed by atoms with E-state index in [2.05, 4.69) is 156 Å². The summed E-state index contributed by atoms with van der Waals surface area (Å²) in [6.45, 7) is 35.9. The van der Waals surface area contributed by atoms with Crippen molar-refractivity contribution in [1.82, 2.24) is 0 Å². The molecule has 8 heteroatoms. The molecule has 0 radical (unpaired) electrons. The molecule has 0 aliphatic carbocycles. The van der Waals surface area contributed by atoms with Gasteiger partial charge in [-0.15, -0.1) is 0 Å². The third-order valence-corrected chi connectivity index (χ3v) is 13.7. The highest BCUT2D eigenvalue weighted by Crippen LogP contribution is 2.62. The molecule has 7 nitrogen and oxygen atoms in total. The van der Waals surface area contributed by atoms with Gasteiger partial charge in [0.2, 0.25) is 0 Å². The van der Waals surface area contributed by atoms with E-state index in [0.717, 1.165) is 54.9 Å². The molecule has 7 rings (SSSR count). The number of carbonyl (C=O) groups is 1. The number of hydrogen-bond acceptors (Lipinski definition) is 7. The Morgan fingerprint density at radius 2 is 0.866 bits per heavy atom. The molecule has 1 heterocycles. The summed E-state index contributed by atoms with van der Waals surface area (Å²) < 4.78 is 32.5. The standard InChI is InChI=1S/C50H57O4P.C9H19NO2/c1-27(2)35-23-39(29(5)6)45(40(24-35)30(7)8)43-21-33-17-13-15-19-37(33)47-48-38-20-16-14-18-34(38)22-44(50(48)54-55(51,52)53-49(43)47)46-41(31(9)10)25-36(28(3)4)26-42(46)32(11)12;1-6(2)7(10)8(11)12-9(3,4)5/h13-32H,1-12H3,(H,51,52);6-7H,10H2,1-5H3/p-1/t;7-/m.0/s1. The number of fused-ring (bicyclic) bond motifs is 7. The molecule has 67 heavy (non-hydrogen) atoms. The van der Waals surface area contributed by atoms with Crippen LogP contribution < -0.4 is 19.7 Å². The van der Waals surface area contributed by atoms with Gasteiger partial charge in [0.1, 0.15) is 23.1 Å². The predicted molar refractivity (Wildman–Crippen MR) is 280 cm³/mol. The van der Waals surface area contributed by atoms with Crippen molar-refractivity contribution in [2.24, 2.45) is 11.7 Å². The van der Waals surface area contributed by atoms with Crippen LogP contribution in [0.5, 0.6) is 11.5 Å². The van der Waals surface area contributed by atoms with Crippen LogP contribution in [0.25, 0.3) is 54.9 Å². The number of nitrogens with two attached hydrogens (primary N) is 1. The van der Waals surface area contributed by atoms with Crippen LogP contribution in [0, 0.1) is 5.92 Å². The maximum atomic E-state index is 14.6. The van der Waals surface area contributed by atoms with Crippen molar-refractivity contribution in [2.75, 3.05) is 0 Å². The van der Waals surface area contributed by atoms with Gasteiger partial charge in [-0.1, -0.05) is 170 Å². The Morgan fingerprint density at radius 3 is 1.15 bits per heavy atom. The molecular formula is C59H75NO6P-. The van der Waals surface area contributed by atoms with Crippen molar-refractivity contribution < 1.29 is 28.0 Å². The van der Waals surface area contributed by atoms with Gasteiger partial charge in [0, 0.05) is 22.3 Å². The topological polar surface area (TPSA) is 111 Å². The third kappa shape index (κ3) is 10.9. The molecule has 1 aliphatic heterocycles. The molecule has 0 saturated carbocycles. The Hall–Kier alpha value is -4.94. The summed E-state index contributed by atoms with van der Waals surface area (Å²) in [5.41, 5.74) is 17.5. The second kappa shape index (κ2) is 20.0. The molecule has 0 fully saturated rings. The highest BCUT2D eigenvalue weighted by atomic mass is 31.2. The number of esters is 1. The summed E-state index contributed by atoms with van der Waals surface area (Å²) in [6, 6.07) is 29.5. The maximum absolute atomic E-state index is 14.6. The minimum Gasteiger partial charge on any atom is -0.736 e. The lowest BCUT2D eigenvalue weighted by atomic mass is 9.78. The molecule has 0 spiro atoms. The third-order valence-electron chi connectivity index (χ3n) is 12.9. The lowest BCUT2D eigenvalue weighted by molar-refractivity contribution is -0.208. The van der Waals surface area contributed by atoms with Gasteiger partial charge in [0.25, 0.3) is 0 Å². The summed E-state index contributed by atoms with van der Waals surface area (Å²) >= 11 is 0. The monoisotopic (exact) mass is 925 g/mol. The van der Waals surface area contributed by atoms with E-state index < -0.39 is 19.5 Å². The molecule has 358 valence electrons. The van der Waals surface area contributed by atoms with E-state index >= 15 is 0 Å². The smallest absolute Gasteiger partial charge is 0.372 e. The minimum absolute atomic E-state index is 0.125. The maximum Gasteiger partial charge on any atom is 0.372 e. The first kappa shape index (κ1) is 51.5. The van der Waals surface area contributed by atoms with Crippen LogP contribution in [-0.4, -0.2) is 17.6 Å². The molecular weight excluding hydrogens is 850 g/mol. The summed E-state index contributed by atoms with van der Waals surface area (Å²) in [4.78, 5) is 25.8. The lowest BCUT2D eigenvalue weighted by Gasteiger charge is -2.28. The van der Waals surface area contributed by atoms with Crippen LogP contribution >= 0.6 is 7.82 Å². The Bertz CT molecular complexity index is 2610. The summed E-state index contributed by atoms with van der Waals surface area (Å²) in [5.74, 6) is 1.81. The number of rotatable bonds is 10. The summed E-state index contributed by atoms with van der Waals surface area (Å²) in [7, 11) is -5.00. The fourth-order valence-corrected chi connectivity index (χ4v) is 10.00. The van der Waals surface area contributed by atoms with Crippen LogP contribution in [0.4, 0.5) is 0 Å². The van der Waals surface area contributed by atoms with Crippen LogP contribution in [0.2, 0.25) is 0 Å². The SMILES string of the molecule is CC(C)[C@H](N)C(=O)OC(C)(C)C.CC(C)c1cc(C(C)C)c(-c2cc3ccccc3c3c2OP(=O)([O-])Oc2c(-c4c(C(C)C)cc(C(C)C)cc4C(C)C)cc4ccccc4c2-3)c(C(C)C)c1. The van der Waals surface area contributed by atoms with E-state index in [-0.39, 0.29) is 35.6 Å². The quantitative estimate of drug-likeness (QED) is 0.108. The average molecular weight is 925 g/mol. The van der Waals surface area contributed by atoms with Crippen molar-refractivity contribution in [3.8, 4) is 44.9 Å². The van der Waals surface area contributed by atoms with Gasteiger partial charge in [-0.25, -0.2) is 4.57 Å². The normalized spacial score (nSPS) is 14.1. The van der Waals surface area contributed by atoms with Crippen molar-refractivity contribution in [1.29, 1.82) is 0 Å². The van der Waals surface area contributed by atoms with Crippen LogP contribution in [0.1, 0.15) is 187 Å². The van der Waals surface area contributed by atoms with Crippen molar-refractivity contribution >= 4 is 35.3 Å². The Morgan fingerprint density at radius 1 is 0.537 bits per heavy atom. The molecule has 1 aliphatic rings. The number of ether oxygens (including phenoxy) is 1. The molecule has 0 amide bonds. The fraction of sp³-hybridized carbons (Fsp3) is 0.441. The van der Waals surface area contributed by atoms with E-state index in [1.165, 1.54) is 33.4 Å². The van der Waals surface area contributed by atoms with E-state index in [1.807, 2.05) is 46.8 Å². The first-order chi connectivity index (χ1) is 31.2. The van der Waals surface area contributed by atoms with E-state index in [4.69, 9.17) is 19.5 Å². The first-order valence-electron chi connectivity index (χ1n) is 24.4. The van der Waals surface area contributed by atoms with Crippen LogP contribution in [-0.2, 0) is 14.1 Å². The Balaban J connectivity index is 0.000000543. The van der Waals surface area contributed by atoms with Crippen molar-refractivity contribution in [3.63, 3.8) is 0 Å². The van der Waals surface area contributed by atoms with Gasteiger partial charge in [0.15, 0.2) is 0 Å². The molecule has 0 bridgehead atoms. The van der Waals surface area contributed by atoms with Crippen LogP contribution in [0.3, 0.4) is 0 Å². The second-order valence-electron chi connectivity index (χ2n) is 21.7. The fourth-order valence-electron chi connectivity index (χ4n) is 9.13. The van der Waals surface area contributed by atoms with Crippen molar-refractivity contribution in [2.45, 2.75) is 165 Å². The molecule has 0 unspecified atom stereocenters. The van der Waals surface area contributed by atoms with Gasteiger partial charge in [0.05, 0.1) is 0 Å². The molecule has 2 N–H and O–H groups in total. The number of benzene rings is 6. The number of phosphoric acid groups is 1. The summed E-state index contributed by atoms with van der Waals surface area (Å²) in [6.07, 6.45) is 0. The predicted octanol–water partition coefficient (Wildman–Crippen LogP) is 16.3. The molecule has 1 atom stereocenters. The Labute approximate surface area is 401 Å². The molecule has 6 aromatic carbocycles. The minimum atomic E-state index is -5.00. The number of hydrogen-bond donors (Lipinski definition) is 1. The van der Waals surface area contributed by atoms with Gasteiger partial charge >= 0.3 is 13.8 Å². The summed E-state index contributed by atoms with van der Waals surface area (Å²) in [5, 5.41) is 3.84. The second-order valence-corrected chi connectivity index (χ2v) is 23.0. The van der Waals surface area contributed by atoms with Gasteiger partial charge in [-0.05, 0) is 140 Å². The zero-order valence-corrected chi connectivity index (χ0v) is 44.1. The molecule has 0 saturated heterocycles. The van der Waals surface area contributed by atoms with Crippen molar-refractivity contribution in [3.05, 3.63) is 118 Å². The molecule has 6 aromatic rings. The number of carbonyl (C=O) groups excluding carboxylic acids is 1. The zero-order valence-electron chi connectivity index (χ0n) is 43.2. The van der Waals surface area contributed by atoms with Gasteiger partial charge < -0.3 is 24.4 Å². The highest BCUT2D eigenvalue weighted by molar-refractivity contribution is 7.46. The van der Waals surface area contributed by atoms with Crippen LogP contribution in [0.15, 0.2) is 84.9 Å². The number of phosphoric ester groups is 1. The van der Waals surface area contributed by atoms with Gasteiger partial charge in [-0.2, -0.15) is 0 Å². The zero-order chi connectivity index (χ0) is 49.6. The Kier molecular flexibility index (Phi) is 15.3. The lowest BCUT2D eigenvalue weighted by Crippen LogP contribution is -2.40. The molecule has 0 aromatic heterocycles.